The molecule has 0 aromatic heterocycles. The topological polar surface area (TPSA) is 0 Å². The monoisotopic (exact) mass is 540 g/mol. The van der Waals surface area contributed by atoms with E-state index in [9.17, 15) is 35.1 Å². The lowest BCUT2D eigenvalue weighted by Crippen LogP contribution is -2.34. The van der Waals surface area contributed by atoms with Gasteiger partial charge in [0.25, 0.3) is 5.92 Å². The summed E-state index contributed by atoms with van der Waals surface area (Å²) in [5.74, 6) is -7.49. The Hall–Kier alpha value is -2.90. The van der Waals surface area contributed by atoms with Gasteiger partial charge >= 0.3 is 6.18 Å². The number of rotatable bonds is 7. The number of hydrogen-bond acceptors (Lipinski definition) is 0. The summed E-state index contributed by atoms with van der Waals surface area (Å²) in [6.07, 6.45) is -0.743. The van der Waals surface area contributed by atoms with Gasteiger partial charge in [-0.1, -0.05) is 56.2 Å². The van der Waals surface area contributed by atoms with E-state index in [1.807, 2.05) is 0 Å². The van der Waals surface area contributed by atoms with Crippen molar-refractivity contribution in [2.45, 2.75) is 64.0 Å². The first-order chi connectivity index (χ1) is 17.9. The van der Waals surface area contributed by atoms with E-state index < -0.39 is 41.0 Å². The maximum atomic E-state index is 15.0. The van der Waals surface area contributed by atoms with Crippen molar-refractivity contribution in [3.05, 3.63) is 83.2 Å². The molecule has 0 amide bonds. The molecule has 0 radical (unpaired) electrons. The molecule has 0 saturated heterocycles. The molecule has 3 aromatic carbocycles. The average molecular weight is 541 g/mol. The van der Waals surface area contributed by atoms with Crippen LogP contribution < -0.4 is 0 Å². The first-order valence-corrected chi connectivity index (χ1v) is 12.7. The van der Waals surface area contributed by atoms with Crippen molar-refractivity contribution < 1.29 is 35.1 Å². The van der Waals surface area contributed by atoms with Crippen molar-refractivity contribution in [1.29, 1.82) is 0 Å². The van der Waals surface area contributed by atoms with Gasteiger partial charge in [0, 0.05) is 17.9 Å². The van der Waals surface area contributed by atoms with Crippen LogP contribution in [-0.2, 0) is 12.6 Å². The highest BCUT2D eigenvalue weighted by molar-refractivity contribution is 5.71. The van der Waals surface area contributed by atoms with Crippen molar-refractivity contribution in [2.75, 3.05) is 0 Å². The molecule has 1 fully saturated rings. The predicted octanol–water partition coefficient (Wildman–Crippen LogP) is 10.2. The van der Waals surface area contributed by atoms with Gasteiger partial charge in [0.15, 0.2) is 0 Å². The third kappa shape index (κ3) is 6.21. The van der Waals surface area contributed by atoms with Crippen molar-refractivity contribution >= 4 is 0 Å². The molecule has 1 saturated carbocycles. The fraction of sp³-hybridized carbons (Fsp3) is 0.400. The maximum absolute atomic E-state index is 15.0. The summed E-state index contributed by atoms with van der Waals surface area (Å²) in [5, 5.41) is 0. The SMILES string of the molecule is CCCC1CCC(C(F)(F)Cc2ccc(-c3ccc(-c4cc(F)c(C(F)(F)F)c(F)c4)c(F)c3)cc2)CC1. The molecule has 1 aliphatic rings. The smallest absolute Gasteiger partial charge is 0.206 e. The Labute approximate surface area is 216 Å². The predicted molar refractivity (Wildman–Crippen MR) is 131 cm³/mol. The second-order valence-corrected chi connectivity index (χ2v) is 10.1. The molecule has 38 heavy (non-hydrogen) atoms. The zero-order valence-corrected chi connectivity index (χ0v) is 20.8. The van der Waals surface area contributed by atoms with Crippen LogP contribution in [0.5, 0.6) is 0 Å². The highest BCUT2D eigenvalue weighted by atomic mass is 19.4. The Kier molecular flexibility index (Phi) is 8.19. The molecule has 0 N–H and O–H groups in total. The van der Waals surface area contributed by atoms with E-state index in [1.165, 1.54) is 12.1 Å². The maximum Gasteiger partial charge on any atom is 0.422 e. The molecule has 0 unspecified atom stereocenters. The Morgan fingerprint density at radius 1 is 0.684 bits per heavy atom. The van der Waals surface area contributed by atoms with Gasteiger partial charge in [-0.15, -0.1) is 0 Å². The molecule has 0 bridgehead atoms. The number of halogens is 8. The van der Waals surface area contributed by atoms with Crippen LogP contribution in [-0.4, -0.2) is 5.92 Å². The van der Waals surface area contributed by atoms with Crippen LogP contribution in [0.3, 0.4) is 0 Å². The van der Waals surface area contributed by atoms with Crippen LogP contribution in [0.15, 0.2) is 54.6 Å². The summed E-state index contributed by atoms with van der Waals surface area (Å²) in [7, 11) is 0. The van der Waals surface area contributed by atoms with Crippen LogP contribution in [0.4, 0.5) is 35.1 Å². The minimum atomic E-state index is -5.22. The molecular weight excluding hydrogens is 512 g/mol. The van der Waals surface area contributed by atoms with Crippen molar-refractivity contribution in [3.63, 3.8) is 0 Å². The van der Waals surface area contributed by atoms with Gasteiger partial charge in [-0.2, -0.15) is 13.2 Å². The second-order valence-electron chi connectivity index (χ2n) is 10.1. The van der Waals surface area contributed by atoms with Gasteiger partial charge in [0.2, 0.25) is 0 Å². The normalized spacial score (nSPS) is 18.6. The Balaban J connectivity index is 1.48. The van der Waals surface area contributed by atoms with E-state index in [0.29, 0.717) is 47.6 Å². The summed E-state index contributed by atoms with van der Waals surface area (Å²) >= 11 is 0. The molecule has 0 nitrogen and oxygen atoms in total. The number of hydrogen-bond donors (Lipinski definition) is 0. The Bertz CT molecular complexity index is 1230. The molecule has 1 aliphatic carbocycles. The van der Waals surface area contributed by atoms with E-state index in [-0.39, 0.29) is 17.5 Å². The first kappa shape index (κ1) is 28.1. The molecule has 0 atom stereocenters. The summed E-state index contributed by atoms with van der Waals surface area (Å²) in [6, 6.07) is 10.9. The van der Waals surface area contributed by atoms with Crippen molar-refractivity contribution in [3.8, 4) is 22.3 Å². The third-order valence-electron chi connectivity index (χ3n) is 7.47. The summed E-state index contributed by atoms with van der Waals surface area (Å²) < 4.78 is 111. The van der Waals surface area contributed by atoms with Gasteiger partial charge in [0.05, 0.1) is 0 Å². The molecule has 0 aliphatic heterocycles. The molecular formula is C30H28F8. The lowest BCUT2D eigenvalue weighted by molar-refractivity contribution is -0.142. The zero-order valence-electron chi connectivity index (χ0n) is 20.8. The average Bonchev–Trinajstić information content (AvgIpc) is 2.83. The molecule has 0 spiro atoms. The Morgan fingerprint density at radius 2 is 1.24 bits per heavy atom. The largest absolute Gasteiger partial charge is 0.422 e. The van der Waals surface area contributed by atoms with Gasteiger partial charge in [-0.05, 0) is 72.1 Å². The van der Waals surface area contributed by atoms with Crippen molar-refractivity contribution in [1.82, 2.24) is 0 Å². The van der Waals surface area contributed by atoms with Gasteiger partial charge in [0.1, 0.15) is 23.0 Å². The minimum Gasteiger partial charge on any atom is -0.206 e. The van der Waals surface area contributed by atoms with Crippen LogP contribution in [0.2, 0.25) is 0 Å². The van der Waals surface area contributed by atoms with E-state index >= 15 is 0 Å². The third-order valence-corrected chi connectivity index (χ3v) is 7.47. The number of alkyl halides is 5. The van der Waals surface area contributed by atoms with Crippen LogP contribution >= 0.6 is 0 Å². The molecule has 0 heterocycles. The fourth-order valence-corrected chi connectivity index (χ4v) is 5.44. The van der Waals surface area contributed by atoms with Gasteiger partial charge in [-0.3, -0.25) is 0 Å². The molecule has 8 heteroatoms. The fourth-order valence-electron chi connectivity index (χ4n) is 5.44. The van der Waals surface area contributed by atoms with Gasteiger partial charge < -0.3 is 0 Å². The zero-order chi connectivity index (χ0) is 27.7. The number of benzene rings is 3. The highest BCUT2D eigenvalue weighted by Crippen LogP contribution is 2.42. The van der Waals surface area contributed by atoms with E-state index in [4.69, 9.17) is 0 Å². The van der Waals surface area contributed by atoms with Crippen LogP contribution in [0, 0.1) is 29.3 Å². The van der Waals surface area contributed by atoms with Crippen molar-refractivity contribution in [2.24, 2.45) is 11.8 Å². The molecule has 204 valence electrons. The minimum absolute atomic E-state index is 0.273. The van der Waals surface area contributed by atoms with Crippen LogP contribution in [0.25, 0.3) is 22.3 Å². The lowest BCUT2D eigenvalue weighted by Gasteiger charge is -2.33. The summed E-state index contributed by atoms with van der Waals surface area (Å²) in [4.78, 5) is 0. The lowest BCUT2D eigenvalue weighted by atomic mass is 9.76. The second kappa shape index (κ2) is 11.1. The molecule has 3 aromatic rings. The van der Waals surface area contributed by atoms with Crippen LogP contribution in [0.1, 0.15) is 56.6 Å². The van der Waals surface area contributed by atoms with Gasteiger partial charge in [-0.25, -0.2) is 22.0 Å². The summed E-state index contributed by atoms with van der Waals surface area (Å²) in [5.41, 5.74) is -1.31. The quantitative estimate of drug-likeness (QED) is 0.262. The first-order valence-electron chi connectivity index (χ1n) is 12.7. The Morgan fingerprint density at radius 3 is 1.76 bits per heavy atom. The highest BCUT2D eigenvalue weighted by Gasteiger charge is 2.41. The van der Waals surface area contributed by atoms with E-state index in [2.05, 4.69) is 6.92 Å². The standard InChI is InChI=1S/C30H28F8/c1-2-3-18-6-11-23(12-7-18)29(34,35)17-19-4-8-20(9-5-19)21-10-13-24(25(31)14-21)22-15-26(32)28(27(33)16-22)30(36,37)38/h4-5,8-10,13-16,18,23H,2-3,6-7,11-12,17H2,1H3. The summed E-state index contributed by atoms with van der Waals surface area (Å²) in [6.45, 7) is 2.11. The van der Waals surface area contributed by atoms with E-state index in [1.54, 1.807) is 24.3 Å². The van der Waals surface area contributed by atoms with E-state index in [0.717, 1.165) is 31.7 Å². The molecule has 4 rings (SSSR count).